The monoisotopic (exact) mass is 562 g/mol. The fourth-order valence-corrected chi connectivity index (χ4v) is 5.63. The third kappa shape index (κ3) is 5.54. The number of carbonyl (C=O) groups excluding carboxylic acids is 2. The van der Waals surface area contributed by atoms with Crippen LogP contribution in [-0.4, -0.2) is 56.0 Å². The summed E-state index contributed by atoms with van der Waals surface area (Å²) in [5.74, 6) is -3.09. The lowest BCUT2D eigenvalue weighted by Crippen LogP contribution is -2.60. The van der Waals surface area contributed by atoms with Crippen LogP contribution in [0.4, 0.5) is 30.7 Å². The fourth-order valence-electron chi connectivity index (χ4n) is 5.63. The molecule has 13 heteroatoms. The fraction of sp³-hybridized carbons (Fsp3) is 0.462. The van der Waals surface area contributed by atoms with E-state index < -0.39 is 46.6 Å². The number of nitrogens with zero attached hydrogens (tertiary/aromatic N) is 1. The number of nitrogens with one attached hydrogen (secondary N) is 1. The van der Waals surface area contributed by atoms with Crippen molar-refractivity contribution >= 4 is 11.8 Å². The molecule has 39 heavy (non-hydrogen) atoms. The maximum atomic E-state index is 14.5. The van der Waals surface area contributed by atoms with Crippen molar-refractivity contribution in [2.45, 2.75) is 43.3 Å². The number of methoxy groups -OCH3 is 1. The minimum Gasteiger partial charge on any atom is -0.406 e. The molecule has 2 aromatic rings. The van der Waals surface area contributed by atoms with Crippen LogP contribution in [0.1, 0.15) is 36.3 Å². The number of rotatable bonds is 5. The Morgan fingerprint density at radius 2 is 1.56 bits per heavy atom. The van der Waals surface area contributed by atoms with Crippen LogP contribution in [0.2, 0.25) is 0 Å². The number of ether oxygens (including phenoxy) is 2. The predicted molar refractivity (Wildman–Crippen MR) is 123 cm³/mol. The summed E-state index contributed by atoms with van der Waals surface area (Å²) in [7, 11) is 0.701. The van der Waals surface area contributed by atoms with E-state index in [0.717, 1.165) is 10.5 Å². The van der Waals surface area contributed by atoms with Gasteiger partial charge in [-0.2, -0.15) is 13.2 Å². The van der Waals surface area contributed by atoms with E-state index in [0.29, 0.717) is 31.4 Å². The van der Waals surface area contributed by atoms with Gasteiger partial charge in [0.25, 0.3) is 11.5 Å². The molecule has 0 saturated carbocycles. The molecule has 2 aliphatic heterocycles. The number of hydrogen-bond acceptors (Lipinski definition) is 4. The van der Waals surface area contributed by atoms with Crippen molar-refractivity contribution in [2.24, 2.45) is 5.41 Å². The number of hydrogen-bond donors (Lipinski definition) is 1. The van der Waals surface area contributed by atoms with Gasteiger partial charge in [0.1, 0.15) is 11.6 Å². The van der Waals surface area contributed by atoms with Crippen LogP contribution in [-0.2, 0) is 19.9 Å². The molecule has 0 unspecified atom stereocenters. The van der Waals surface area contributed by atoms with Gasteiger partial charge < -0.3 is 19.7 Å². The zero-order valence-electron chi connectivity index (χ0n) is 20.7. The van der Waals surface area contributed by atoms with Crippen LogP contribution in [0.15, 0.2) is 48.5 Å². The van der Waals surface area contributed by atoms with Crippen LogP contribution >= 0.6 is 0 Å². The molecular formula is C26H25F7N2O4. The van der Waals surface area contributed by atoms with Crippen LogP contribution in [0.3, 0.4) is 0 Å². The predicted octanol–water partition coefficient (Wildman–Crippen LogP) is 5.04. The van der Waals surface area contributed by atoms with Crippen LogP contribution in [0.5, 0.6) is 5.75 Å². The lowest BCUT2D eigenvalue weighted by molar-refractivity contribution is -0.275. The largest absolute Gasteiger partial charge is 0.573 e. The molecule has 2 aromatic carbocycles. The lowest BCUT2D eigenvalue weighted by Gasteiger charge is -2.50. The summed E-state index contributed by atoms with van der Waals surface area (Å²) in [5.41, 5.74) is -4.09. The van der Waals surface area contributed by atoms with E-state index >= 15 is 0 Å². The van der Waals surface area contributed by atoms with Crippen molar-refractivity contribution in [1.82, 2.24) is 10.2 Å². The molecule has 1 spiro atoms. The second-order valence-corrected chi connectivity index (χ2v) is 9.69. The minimum absolute atomic E-state index is 0.0897. The van der Waals surface area contributed by atoms with Crippen molar-refractivity contribution in [3.63, 3.8) is 0 Å². The summed E-state index contributed by atoms with van der Waals surface area (Å²) in [4.78, 5) is 26.8. The van der Waals surface area contributed by atoms with E-state index in [2.05, 4.69) is 10.1 Å². The molecule has 0 radical (unpaired) electrons. The Kier molecular flexibility index (Phi) is 7.58. The second-order valence-electron chi connectivity index (χ2n) is 9.69. The Balaban J connectivity index is 1.60. The maximum absolute atomic E-state index is 14.5. The van der Waals surface area contributed by atoms with E-state index in [1.807, 2.05) is 0 Å². The standard InChI is InChI=1S/C26H25F7N2O4/c1-38-24(25(28,29)30,17-4-8-19(9-5-17)39-26(31,32)33)22(37)35-12-10-23(11-13-35)14-21(36)34-15-20(23)16-2-6-18(27)7-3-16/h2-9,20H,10-15H2,1H3,(H,34,36)/t20-,24+/m0/s1. The molecule has 212 valence electrons. The number of benzene rings is 2. The third-order valence-electron chi connectivity index (χ3n) is 7.57. The van der Waals surface area contributed by atoms with Gasteiger partial charge in [0.2, 0.25) is 5.91 Å². The molecule has 2 atom stereocenters. The maximum Gasteiger partial charge on any atom is 0.573 e. The van der Waals surface area contributed by atoms with Gasteiger partial charge in [-0.3, -0.25) is 9.59 Å². The van der Waals surface area contributed by atoms with Gasteiger partial charge in [-0.1, -0.05) is 24.3 Å². The first-order valence-corrected chi connectivity index (χ1v) is 12.0. The average molecular weight is 562 g/mol. The molecule has 1 N–H and O–H groups in total. The van der Waals surface area contributed by atoms with Gasteiger partial charge in [-0.05, 0) is 48.1 Å². The Bertz CT molecular complexity index is 1190. The molecular weight excluding hydrogens is 537 g/mol. The van der Waals surface area contributed by atoms with Crippen LogP contribution in [0.25, 0.3) is 0 Å². The van der Waals surface area contributed by atoms with Crippen molar-refractivity contribution in [3.8, 4) is 5.75 Å². The van der Waals surface area contributed by atoms with Gasteiger partial charge in [0.05, 0.1) is 0 Å². The first-order valence-electron chi connectivity index (χ1n) is 12.0. The summed E-state index contributed by atoms with van der Waals surface area (Å²) >= 11 is 0. The summed E-state index contributed by atoms with van der Waals surface area (Å²) in [6.45, 7) is 0.00977. The highest BCUT2D eigenvalue weighted by Gasteiger charge is 2.64. The average Bonchev–Trinajstić information content (AvgIpc) is 2.85. The van der Waals surface area contributed by atoms with Gasteiger partial charge in [0.15, 0.2) is 0 Å². The molecule has 2 saturated heterocycles. The first kappa shape index (κ1) is 28.7. The number of alkyl halides is 6. The molecule has 4 rings (SSSR count). The molecule has 2 aliphatic rings. The van der Waals surface area contributed by atoms with E-state index in [1.54, 1.807) is 12.1 Å². The van der Waals surface area contributed by atoms with Crippen molar-refractivity contribution < 1.29 is 49.8 Å². The van der Waals surface area contributed by atoms with Gasteiger partial charge in [-0.15, -0.1) is 13.2 Å². The minimum atomic E-state index is -5.26. The number of piperidine rings is 2. The third-order valence-corrected chi connectivity index (χ3v) is 7.57. The molecule has 0 aliphatic carbocycles. The number of amides is 2. The molecule has 2 heterocycles. The first-order chi connectivity index (χ1) is 18.2. The number of carbonyl (C=O) groups is 2. The zero-order chi connectivity index (χ0) is 28.6. The van der Waals surface area contributed by atoms with Crippen LogP contribution in [0, 0.1) is 11.2 Å². The van der Waals surface area contributed by atoms with Gasteiger partial charge in [0, 0.05) is 44.6 Å². The van der Waals surface area contributed by atoms with Crippen molar-refractivity contribution in [3.05, 3.63) is 65.5 Å². The highest BCUT2D eigenvalue weighted by Crippen LogP contribution is 2.50. The van der Waals surface area contributed by atoms with Gasteiger partial charge in [-0.25, -0.2) is 4.39 Å². The Hall–Kier alpha value is -3.35. The molecule has 6 nitrogen and oxygen atoms in total. The Labute approximate surface area is 219 Å². The highest BCUT2D eigenvalue weighted by atomic mass is 19.4. The lowest BCUT2D eigenvalue weighted by atomic mass is 9.62. The second kappa shape index (κ2) is 10.3. The van der Waals surface area contributed by atoms with Gasteiger partial charge >= 0.3 is 12.5 Å². The smallest absolute Gasteiger partial charge is 0.406 e. The summed E-state index contributed by atoms with van der Waals surface area (Å²) in [6.07, 6.45) is -9.83. The highest BCUT2D eigenvalue weighted by molar-refractivity contribution is 5.88. The zero-order valence-corrected chi connectivity index (χ0v) is 20.7. The van der Waals surface area contributed by atoms with E-state index in [-0.39, 0.29) is 50.7 Å². The van der Waals surface area contributed by atoms with Crippen molar-refractivity contribution in [2.75, 3.05) is 26.7 Å². The topological polar surface area (TPSA) is 67.9 Å². The summed E-state index contributed by atoms with van der Waals surface area (Å²) in [6, 6.07) is 8.54. The normalized spacial score (nSPS) is 21.3. The number of likely N-dealkylation sites (tertiary alicyclic amines) is 1. The molecule has 2 fully saturated rings. The molecule has 0 aromatic heterocycles. The Morgan fingerprint density at radius 1 is 0.974 bits per heavy atom. The number of halogens is 7. The summed E-state index contributed by atoms with van der Waals surface area (Å²) in [5, 5.41) is 2.78. The van der Waals surface area contributed by atoms with Crippen LogP contribution < -0.4 is 10.1 Å². The molecule has 2 amide bonds. The van der Waals surface area contributed by atoms with Crippen molar-refractivity contribution in [1.29, 1.82) is 0 Å². The summed E-state index contributed by atoms with van der Waals surface area (Å²) < 4.78 is 103. The van der Waals surface area contributed by atoms with E-state index in [4.69, 9.17) is 4.74 Å². The SMILES string of the molecule is CO[C@@](C(=O)N1CCC2(CC1)CC(=O)NC[C@H]2c1ccc(F)cc1)(c1ccc(OC(F)(F)F)cc1)C(F)(F)F. The Morgan fingerprint density at radius 3 is 2.08 bits per heavy atom. The molecule has 0 bridgehead atoms. The van der Waals surface area contributed by atoms with E-state index in [9.17, 15) is 40.3 Å². The van der Waals surface area contributed by atoms with E-state index in [1.165, 1.54) is 12.1 Å². The quantitative estimate of drug-likeness (QED) is 0.519.